The molecule has 0 amide bonds. The number of nitrogens with two attached hydrogens (primary N) is 1. The zero-order chi connectivity index (χ0) is 12.3. The number of halogens is 1. The molecule has 1 unspecified atom stereocenters. The molecule has 1 aliphatic rings. The highest BCUT2D eigenvalue weighted by atomic mass is 79.9. The first-order valence-electron chi connectivity index (χ1n) is 6.09. The number of rotatable bonds is 6. The van der Waals surface area contributed by atoms with E-state index in [1.54, 1.807) is 0 Å². The Balaban J connectivity index is 2.21. The second-order valence-electron chi connectivity index (χ2n) is 4.47. The second-order valence-corrected chi connectivity index (χ2v) is 5.32. The fourth-order valence-corrected chi connectivity index (χ4v) is 2.85. The van der Waals surface area contributed by atoms with E-state index in [4.69, 9.17) is 5.73 Å². The maximum atomic E-state index is 9.18. The van der Waals surface area contributed by atoms with Crippen molar-refractivity contribution in [3.8, 4) is 0 Å². The van der Waals surface area contributed by atoms with Gasteiger partial charge >= 0.3 is 0 Å². The average molecular weight is 299 g/mol. The third-order valence-electron chi connectivity index (χ3n) is 3.26. The topological polar surface area (TPSA) is 49.5 Å². The molecular weight excluding hydrogens is 280 g/mol. The lowest BCUT2D eigenvalue weighted by atomic mass is 10.1. The van der Waals surface area contributed by atoms with Gasteiger partial charge in [0.05, 0.1) is 6.61 Å². The van der Waals surface area contributed by atoms with Gasteiger partial charge in [0.1, 0.15) is 0 Å². The fourth-order valence-electron chi connectivity index (χ4n) is 2.30. The molecule has 0 heterocycles. The summed E-state index contributed by atoms with van der Waals surface area (Å²) >= 11 is 3.58. The molecule has 3 nitrogen and oxygen atoms in total. The first-order chi connectivity index (χ1) is 8.27. The minimum atomic E-state index is 0.192. The summed E-state index contributed by atoms with van der Waals surface area (Å²) in [5.74, 6) is 0. The standard InChI is InChI=1S/C13H19BrN2O/c14-12-4-2-1-3-11(12)13(9-15)16(7-8-17)10-5-6-10/h1-4,10,13,17H,5-9,15H2. The molecule has 1 atom stereocenters. The van der Waals surface area contributed by atoms with E-state index in [9.17, 15) is 5.11 Å². The third kappa shape index (κ3) is 3.07. The summed E-state index contributed by atoms with van der Waals surface area (Å²) in [4.78, 5) is 2.33. The predicted molar refractivity (Wildman–Crippen MR) is 72.8 cm³/mol. The zero-order valence-corrected chi connectivity index (χ0v) is 11.4. The van der Waals surface area contributed by atoms with E-state index < -0.39 is 0 Å². The van der Waals surface area contributed by atoms with Gasteiger partial charge in [-0.1, -0.05) is 34.1 Å². The fraction of sp³-hybridized carbons (Fsp3) is 0.538. The van der Waals surface area contributed by atoms with Crippen molar-refractivity contribution in [1.29, 1.82) is 0 Å². The molecule has 17 heavy (non-hydrogen) atoms. The number of hydrogen-bond acceptors (Lipinski definition) is 3. The van der Waals surface area contributed by atoms with Gasteiger partial charge in [-0.15, -0.1) is 0 Å². The Hall–Kier alpha value is -0.420. The third-order valence-corrected chi connectivity index (χ3v) is 3.98. The molecular formula is C13H19BrN2O. The van der Waals surface area contributed by atoms with E-state index in [2.05, 4.69) is 26.9 Å². The predicted octanol–water partition coefficient (Wildman–Crippen LogP) is 1.91. The van der Waals surface area contributed by atoms with Crippen molar-refractivity contribution in [2.24, 2.45) is 5.73 Å². The van der Waals surface area contributed by atoms with E-state index in [-0.39, 0.29) is 12.6 Å². The lowest BCUT2D eigenvalue weighted by Gasteiger charge is -2.31. The van der Waals surface area contributed by atoms with Crippen LogP contribution in [0.25, 0.3) is 0 Å². The van der Waals surface area contributed by atoms with Crippen LogP contribution in [0.5, 0.6) is 0 Å². The van der Waals surface area contributed by atoms with Crippen molar-refractivity contribution in [3.63, 3.8) is 0 Å². The highest BCUT2D eigenvalue weighted by Gasteiger charge is 2.34. The minimum absolute atomic E-state index is 0.192. The van der Waals surface area contributed by atoms with Crippen LogP contribution in [-0.4, -0.2) is 35.7 Å². The lowest BCUT2D eigenvalue weighted by Crippen LogP contribution is -2.37. The van der Waals surface area contributed by atoms with Crippen molar-refractivity contribution in [3.05, 3.63) is 34.3 Å². The first-order valence-corrected chi connectivity index (χ1v) is 6.88. The van der Waals surface area contributed by atoms with Crippen LogP contribution in [-0.2, 0) is 0 Å². The highest BCUT2D eigenvalue weighted by molar-refractivity contribution is 9.10. The van der Waals surface area contributed by atoms with E-state index in [0.29, 0.717) is 19.1 Å². The Labute approximate surface area is 111 Å². The number of benzene rings is 1. The van der Waals surface area contributed by atoms with Crippen LogP contribution in [0.2, 0.25) is 0 Å². The molecule has 94 valence electrons. The van der Waals surface area contributed by atoms with Gasteiger partial charge in [0.25, 0.3) is 0 Å². The minimum Gasteiger partial charge on any atom is -0.395 e. The second kappa shape index (κ2) is 5.96. The maximum Gasteiger partial charge on any atom is 0.0558 e. The molecule has 1 aromatic rings. The molecule has 1 fully saturated rings. The van der Waals surface area contributed by atoms with Gasteiger partial charge in [-0.3, -0.25) is 4.90 Å². The molecule has 1 saturated carbocycles. The van der Waals surface area contributed by atoms with Crippen molar-refractivity contribution in [2.75, 3.05) is 19.7 Å². The first kappa shape index (κ1) is 13.0. The molecule has 0 aliphatic heterocycles. The van der Waals surface area contributed by atoms with Crippen molar-refractivity contribution >= 4 is 15.9 Å². The van der Waals surface area contributed by atoms with Crippen LogP contribution in [0, 0.1) is 0 Å². The Kier molecular flexibility index (Phi) is 4.56. The summed E-state index contributed by atoms with van der Waals surface area (Å²) < 4.78 is 1.10. The van der Waals surface area contributed by atoms with E-state index in [0.717, 1.165) is 4.47 Å². The molecule has 1 aromatic carbocycles. The van der Waals surface area contributed by atoms with Gasteiger partial charge in [0.2, 0.25) is 0 Å². The van der Waals surface area contributed by atoms with Gasteiger partial charge in [0.15, 0.2) is 0 Å². The average Bonchev–Trinajstić information content (AvgIpc) is 3.15. The van der Waals surface area contributed by atoms with Crippen molar-refractivity contribution in [2.45, 2.75) is 24.9 Å². The zero-order valence-electron chi connectivity index (χ0n) is 9.85. The molecule has 0 radical (unpaired) electrons. The number of hydrogen-bond donors (Lipinski definition) is 2. The highest BCUT2D eigenvalue weighted by Crippen LogP contribution is 2.35. The Morgan fingerprint density at radius 1 is 1.41 bits per heavy atom. The monoisotopic (exact) mass is 298 g/mol. The molecule has 2 rings (SSSR count). The van der Waals surface area contributed by atoms with Gasteiger partial charge < -0.3 is 10.8 Å². The van der Waals surface area contributed by atoms with Crippen LogP contribution in [0.1, 0.15) is 24.4 Å². The quantitative estimate of drug-likeness (QED) is 0.843. The van der Waals surface area contributed by atoms with Crippen molar-refractivity contribution < 1.29 is 5.11 Å². The lowest BCUT2D eigenvalue weighted by molar-refractivity contribution is 0.145. The summed E-state index contributed by atoms with van der Waals surface area (Å²) in [6.07, 6.45) is 2.45. The van der Waals surface area contributed by atoms with Crippen LogP contribution in [0.4, 0.5) is 0 Å². The van der Waals surface area contributed by atoms with Gasteiger partial charge in [-0.2, -0.15) is 0 Å². The summed E-state index contributed by atoms with van der Waals surface area (Å²) in [5.41, 5.74) is 7.14. The summed E-state index contributed by atoms with van der Waals surface area (Å²) in [5, 5.41) is 9.18. The smallest absolute Gasteiger partial charge is 0.0558 e. The molecule has 0 saturated heterocycles. The number of aliphatic hydroxyl groups is 1. The van der Waals surface area contributed by atoms with Crippen LogP contribution < -0.4 is 5.73 Å². The van der Waals surface area contributed by atoms with Crippen LogP contribution in [0.15, 0.2) is 28.7 Å². The van der Waals surface area contributed by atoms with Gasteiger partial charge in [0, 0.05) is 29.6 Å². The molecule has 1 aliphatic carbocycles. The van der Waals surface area contributed by atoms with Crippen molar-refractivity contribution in [1.82, 2.24) is 4.90 Å². The Bertz CT molecular complexity index is 368. The maximum absolute atomic E-state index is 9.18. The Morgan fingerprint density at radius 3 is 2.65 bits per heavy atom. The number of aliphatic hydroxyl groups excluding tert-OH is 1. The molecule has 4 heteroatoms. The SMILES string of the molecule is NCC(c1ccccc1Br)N(CCO)C1CC1. The Morgan fingerprint density at radius 2 is 2.12 bits per heavy atom. The molecule has 3 N–H and O–H groups in total. The molecule has 0 spiro atoms. The number of nitrogens with zero attached hydrogens (tertiary/aromatic N) is 1. The van der Waals surface area contributed by atoms with Gasteiger partial charge in [-0.25, -0.2) is 0 Å². The van der Waals surface area contributed by atoms with Crippen LogP contribution in [0.3, 0.4) is 0 Å². The summed E-state index contributed by atoms with van der Waals surface area (Å²) in [7, 11) is 0. The summed E-state index contributed by atoms with van der Waals surface area (Å²) in [6.45, 7) is 1.48. The largest absolute Gasteiger partial charge is 0.395 e. The summed E-state index contributed by atoms with van der Waals surface area (Å²) in [6, 6.07) is 8.99. The van der Waals surface area contributed by atoms with E-state index >= 15 is 0 Å². The molecule has 0 aromatic heterocycles. The van der Waals surface area contributed by atoms with Gasteiger partial charge in [-0.05, 0) is 24.5 Å². The van der Waals surface area contributed by atoms with E-state index in [1.165, 1.54) is 18.4 Å². The van der Waals surface area contributed by atoms with Crippen LogP contribution >= 0.6 is 15.9 Å². The normalized spacial score (nSPS) is 17.4. The molecule has 0 bridgehead atoms. The van der Waals surface area contributed by atoms with E-state index in [1.807, 2.05) is 18.2 Å².